The van der Waals surface area contributed by atoms with Gasteiger partial charge in [-0.05, 0) is 50.9 Å². The summed E-state index contributed by atoms with van der Waals surface area (Å²) in [5.74, 6) is -1.24. The lowest BCUT2D eigenvalue weighted by molar-refractivity contribution is 0.0595. The second kappa shape index (κ2) is 5.51. The predicted molar refractivity (Wildman–Crippen MR) is 66.5 cm³/mol. The van der Waals surface area contributed by atoms with Crippen LogP contribution in [0.2, 0.25) is 0 Å². The van der Waals surface area contributed by atoms with Crippen LogP contribution in [0.5, 0.6) is 0 Å². The van der Waals surface area contributed by atoms with Crippen molar-refractivity contribution in [2.24, 2.45) is 0 Å². The number of nitrogens with one attached hydrogen (secondary N) is 1. The lowest BCUT2D eigenvalue weighted by Gasteiger charge is -2.19. The van der Waals surface area contributed by atoms with Crippen LogP contribution in [0, 0.1) is 5.82 Å². The summed E-state index contributed by atoms with van der Waals surface area (Å²) < 4.78 is 21.2. The fourth-order valence-electron chi connectivity index (χ4n) is 1.05. The van der Waals surface area contributed by atoms with Gasteiger partial charge in [-0.3, -0.25) is 4.72 Å². The fourth-order valence-corrected chi connectivity index (χ4v) is 1.77. The number of methoxy groups -OCH3 is 1. The molecule has 3 nitrogen and oxygen atoms in total. The minimum atomic E-state index is -0.664. The number of carbonyl (C=O) groups is 1. The van der Waals surface area contributed by atoms with E-state index in [0.29, 0.717) is 4.90 Å². The number of benzene rings is 1. The Labute approximate surface area is 105 Å². The SMILES string of the molecule is COC(=O)c1ccc(SNC(C)(C)C)cc1F. The quantitative estimate of drug-likeness (QED) is 0.667. The van der Waals surface area contributed by atoms with E-state index >= 15 is 0 Å². The fraction of sp³-hybridized carbons (Fsp3) is 0.417. The second-order valence-electron chi connectivity index (χ2n) is 4.59. The average molecular weight is 257 g/mol. The lowest BCUT2D eigenvalue weighted by atomic mass is 10.1. The Morgan fingerprint density at radius 2 is 2.06 bits per heavy atom. The zero-order valence-electron chi connectivity index (χ0n) is 10.3. The van der Waals surface area contributed by atoms with Crippen molar-refractivity contribution >= 4 is 17.9 Å². The summed E-state index contributed by atoms with van der Waals surface area (Å²) in [4.78, 5) is 11.9. The smallest absolute Gasteiger partial charge is 0.340 e. The highest BCUT2D eigenvalue weighted by Crippen LogP contribution is 2.21. The largest absolute Gasteiger partial charge is 0.465 e. The Hall–Kier alpha value is -1.07. The minimum absolute atomic E-state index is 0.0485. The van der Waals surface area contributed by atoms with Gasteiger partial charge in [-0.2, -0.15) is 0 Å². The molecule has 0 aromatic heterocycles. The van der Waals surface area contributed by atoms with Crippen LogP contribution in [-0.2, 0) is 4.74 Å². The maximum Gasteiger partial charge on any atom is 0.340 e. The van der Waals surface area contributed by atoms with E-state index in [9.17, 15) is 9.18 Å². The molecule has 0 saturated heterocycles. The molecule has 17 heavy (non-hydrogen) atoms. The summed E-state index contributed by atoms with van der Waals surface area (Å²) in [5, 5.41) is 0. The van der Waals surface area contributed by atoms with E-state index in [1.807, 2.05) is 20.8 Å². The van der Waals surface area contributed by atoms with Crippen molar-refractivity contribution in [3.8, 4) is 0 Å². The van der Waals surface area contributed by atoms with Crippen molar-refractivity contribution in [3.05, 3.63) is 29.6 Å². The first-order valence-electron chi connectivity index (χ1n) is 5.15. The number of ether oxygens (including phenoxy) is 1. The number of halogens is 1. The Bertz CT molecular complexity index is 415. The highest BCUT2D eigenvalue weighted by molar-refractivity contribution is 7.97. The zero-order chi connectivity index (χ0) is 13.1. The van der Waals surface area contributed by atoms with Crippen molar-refractivity contribution in [3.63, 3.8) is 0 Å². The van der Waals surface area contributed by atoms with Gasteiger partial charge in [0.05, 0.1) is 12.7 Å². The van der Waals surface area contributed by atoms with Crippen LogP contribution < -0.4 is 4.72 Å². The van der Waals surface area contributed by atoms with Gasteiger partial charge < -0.3 is 4.74 Å². The third-order valence-corrected chi connectivity index (χ3v) is 3.02. The average Bonchev–Trinajstić information content (AvgIpc) is 2.24. The standard InChI is InChI=1S/C12H16FNO2S/c1-12(2,3)14-17-8-5-6-9(10(13)7-8)11(15)16-4/h5-7,14H,1-4H3. The topological polar surface area (TPSA) is 38.3 Å². The molecule has 0 saturated carbocycles. The predicted octanol–water partition coefficient (Wildman–Crippen LogP) is 3.01. The Morgan fingerprint density at radius 3 is 2.53 bits per heavy atom. The minimum Gasteiger partial charge on any atom is -0.465 e. The van der Waals surface area contributed by atoms with Crippen LogP contribution in [0.15, 0.2) is 23.1 Å². The number of esters is 1. The Balaban J connectivity index is 2.79. The molecule has 5 heteroatoms. The summed E-state index contributed by atoms with van der Waals surface area (Å²) in [5.41, 5.74) is -0.116. The van der Waals surface area contributed by atoms with E-state index in [1.54, 1.807) is 6.07 Å². The van der Waals surface area contributed by atoms with Gasteiger partial charge in [0.25, 0.3) is 0 Å². The molecule has 1 rings (SSSR count). The lowest BCUT2D eigenvalue weighted by Crippen LogP contribution is -2.29. The van der Waals surface area contributed by atoms with Gasteiger partial charge in [-0.25, -0.2) is 9.18 Å². The maximum atomic E-state index is 13.6. The molecule has 0 aliphatic heterocycles. The van der Waals surface area contributed by atoms with Gasteiger partial charge in [0, 0.05) is 10.4 Å². The van der Waals surface area contributed by atoms with Crippen molar-refractivity contribution in [1.82, 2.24) is 4.72 Å². The van der Waals surface area contributed by atoms with Crippen molar-refractivity contribution in [1.29, 1.82) is 0 Å². The molecule has 0 amide bonds. The van der Waals surface area contributed by atoms with Crippen LogP contribution in [-0.4, -0.2) is 18.6 Å². The van der Waals surface area contributed by atoms with Crippen LogP contribution >= 0.6 is 11.9 Å². The first-order chi connectivity index (χ1) is 7.83. The molecule has 94 valence electrons. The van der Waals surface area contributed by atoms with E-state index in [-0.39, 0.29) is 11.1 Å². The Morgan fingerprint density at radius 1 is 1.41 bits per heavy atom. The normalized spacial score (nSPS) is 11.4. The summed E-state index contributed by atoms with van der Waals surface area (Å²) in [6.07, 6.45) is 0. The van der Waals surface area contributed by atoms with Crippen molar-refractivity contribution in [2.75, 3.05) is 7.11 Å². The van der Waals surface area contributed by atoms with Crippen molar-refractivity contribution < 1.29 is 13.9 Å². The molecule has 1 aromatic rings. The molecule has 0 aliphatic rings. The second-order valence-corrected chi connectivity index (χ2v) is 5.47. The molecule has 0 radical (unpaired) electrons. The van der Waals surface area contributed by atoms with Crippen LogP contribution in [0.25, 0.3) is 0 Å². The van der Waals surface area contributed by atoms with E-state index in [1.165, 1.54) is 31.2 Å². The number of rotatable bonds is 3. The van der Waals surface area contributed by atoms with Gasteiger partial charge >= 0.3 is 5.97 Å². The zero-order valence-corrected chi connectivity index (χ0v) is 11.2. The van der Waals surface area contributed by atoms with Gasteiger partial charge in [0.2, 0.25) is 0 Å². The van der Waals surface area contributed by atoms with E-state index in [4.69, 9.17) is 0 Å². The highest BCUT2D eigenvalue weighted by Gasteiger charge is 2.14. The molecule has 0 aliphatic carbocycles. The van der Waals surface area contributed by atoms with E-state index in [0.717, 1.165) is 0 Å². The Kier molecular flexibility index (Phi) is 4.54. The monoisotopic (exact) mass is 257 g/mol. The third-order valence-electron chi connectivity index (χ3n) is 1.82. The van der Waals surface area contributed by atoms with Crippen LogP contribution in [0.3, 0.4) is 0 Å². The summed E-state index contributed by atoms with van der Waals surface area (Å²) in [6, 6.07) is 4.42. The summed E-state index contributed by atoms with van der Waals surface area (Å²) in [7, 11) is 1.23. The van der Waals surface area contributed by atoms with Gasteiger partial charge in [-0.15, -0.1) is 0 Å². The first-order valence-corrected chi connectivity index (χ1v) is 5.97. The van der Waals surface area contributed by atoms with Gasteiger partial charge in [-0.1, -0.05) is 0 Å². The molecular formula is C12H16FNO2S. The maximum absolute atomic E-state index is 13.6. The van der Waals surface area contributed by atoms with Crippen molar-refractivity contribution in [2.45, 2.75) is 31.2 Å². The van der Waals surface area contributed by atoms with E-state index < -0.39 is 11.8 Å². The molecule has 0 bridgehead atoms. The molecule has 0 fully saturated rings. The van der Waals surface area contributed by atoms with Crippen LogP contribution in [0.4, 0.5) is 4.39 Å². The molecule has 1 N–H and O–H groups in total. The molecule has 0 atom stereocenters. The summed E-state index contributed by atoms with van der Waals surface area (Å²) >= 11 is 1.33. The molecule has 1 aromatic carbocycles. The van der Waals surface area contributed by atoms with Crippen LogP contribution in [0.1, 0.15) is 31.1 Å². The number of hydrogen-bond acceptors (Lipinski definition) is 4. The number of hydrogen-bond donors (Lipinski definition) is 1. The number of carbonyl (C=O) groups excluding carboxylic acids is 1. The highest BCUT2D eigenvalue weighted by atomic mass is 32.2. The van der Waals surface area contributed by atoms with E-state index in [2.05, 4.69) is 9.46 Å². The summed E-state index contributed by atoms with van der Waals surface area (Å²) in [6.45, 7) is 6.04. The molecule has 0 heterocycles. The molecule has 0 spiro atoms. The molecule has 0 unspecified atom stereocenters. The first kappa shape index (κ1) is 14.0. The third kappa shape index (κ3) is 4.36. The van der Waals surface area contributed by atoms with Gasteiger partial charge in [0.1, 0.15) is 5.82 Å². The van der Waals surface area contributed by atoms with Gasteiger partial charge in [0.15, 0.2) is 0 Å². The molecular weight excluding hydrogens is 241 g/mol.